The molecule has 2 aromatic heterocycles. The molecular formula is C17H23N7O. The van der Waals surface area contributed by atoms with Crippen molar-refractivity contribution in [3.8, 4) is 0 Å². The van der Waals surface area contributed by atoms with Crippen molar-refractivity contribution in [3.05, 3.63) is 35.7 Å². The first kappa shape index (κ1) is 17.1. The molecule has 0 aromatic carbocycles. The average molecular weight is 341 g/mol. The lowest BCUT2D eigenvalue weighted by Crippen LogP contribution is -2.42. The maximum Gasteiger partial charge on any atom is 0.271 e. The molecular weight excluding hydrogens is 318 g/mol. The number of primary amides is 1. The second-order valence-corrected chi connectivity index (χ2v) is 6.34. The van der Waals surface area contributed by atoms with Crippen molar-refractivity contribution >= 4 is 23.2 Å². The van der Waals surface area contributed by atoms with Crippen molar-refractivity contribution in [2.75, 3.05) is 10.6 Å². The minimum absolute atomic E-state index is 0.0711. The first-order chi connectivity index (χ1) is 12.0. The second-order valence-electron chi connectivity index (χ2n) is 6.34. The number of amides is 1. The minimum Gasteiger partial charge on any atom is -0.364 e. The number of nitrogens with two attached hydrogens (primary N) is 2. The molecule has 1 amide bonds. The zero-order chi connectivity index (χ0) is 17.8. The predicted molar refractivity (Wildman–Crippen MR) is 96.7 cm³/mol. The monoisotopic (exact) mass is 341 g/mol. The van der Waals surface area contributed by atoms with E-state index in [0.29, 0.717) is 17.3 Å². The molecule has 8 heteroatoms. The SMILES string of the molecule is Cc1cccc(Nc2cc(NC3CCCCC3N)nnc2C(N)=O)n1. The van der Waals surface area contributed by atoms with Crippen LogP contribution in [0.3, 0.4) is 0 Å². The maximum absolute atomic E-state index is 11.7. The van der Waals surface area contributed by atoms with Gasteiger partial charge < -0.3 is 22.1 Å². The van der Waals surface area contributed by atoms with Gasteiger partial charge in [0.1, 0.15) is 5.82 Å². The molecule has 2 atom stereocenters. The number of hydrogen-bond acceptors (Lipinski definition) is 7. The summed E-state index contributed by atoms with van der Waals surface area (Å²) in [4.78, 5) is 16.0. The standard InChI is InChI=1S/C17H23N7O/c1-10-5-4-8-14(20-10)22-13-9-15(23-24-16(13)17(19)25)21-12-7-3-2-6-11(12)18/h4-5,8-9,11-12H,2-3,6-7,18H2,1H3,(H2,19,25)(H2,20,21,22,23). The average Bonchev–Trinajstić information content (AvgIpc) is 2.57. The maximum atomic E-state index is 11.7. The summed E-state index contributed by atoms with van der Waals surface area (Å²) in [5, 5.41) is 14.5. The predicted octanol–water partition coefficient (Wildman–Crippen LogP) is 1.70. The Hall–Kier alpha value is -2.74. The van der Waals surface area contributed by atoms with E-state index in [0.717, 1.165) is 31.4 Å². The first-order valence-electron chi connectivity index (χ1n) is 8.43. The highest BCUT2D eigenvalue weighted by atomic mass is 16.1. The summed E-state index contributed by atoms with van der Waals surface area (Å²) in [6.45, 7) is 1.89. The van der Waals surface area contributed by atoms with Gasteiger partial charge in [0.25, 0.3) is 5.91 Å². The highest BCUT2D eigenvalue weighted by Gasteiger charge is 2.23. The van der Waals surface area contributed by atoms with Crippen molar-refractivity contribution < 1.29 is 4.79 Å². The van der Waals surface area contributed by atoms with Crippen LogP contribution in [0.5, 0.6) is 0 Å². The van der Waals surface area contributed by atoms with Gasteiger partial charge >= 0.3 is 0 Å². The molecule has 1 saturated carbocycles. The van der Waals surface area contributed by atoms with Crippen molar-refractivity contribution in [1.82, 2.24) is 15.2 Å². The minimum atomic E-state index is -0.649. The molecule has 1 fully saturated rings. The lowest BCUT2D eigenvalue weighted by atomic mass is 9.91. The molecule has 2 heterocycles. The Morgan fingerprint density at radius 1 is 1.20 bits per heavy atom. The molecule has 0 radical (unpaired) electrons. The normalized spacial score (nSPS) is 20.1. The van der Waals surface area contributed by atoms with E-state index in [1.54, 1.807) is 6.07 Å². The van der Waals surface area contributed by atoms with E-state index in [1.165, 1.54) is 0 Å². The van der Waals surface area contributed by atoms with Crippen LogP contribution in [0.4, 0.5) is 17.3 Å². The molecule has 0 saturated heterocycles. The van der Waals surface area contributed by atoms with Crippen molar-refractivity contribution in [1.29, 1.82) is 0 Å². The Kier molecular flexibility index (Phi) is 5.08. The number of carbonyl (C=O) groups is 1. The quantitative estimate of drug-likeness (QED) is 0.650. The molecule has 132 valence electrons. The number of nitrogens with zero attached hydrogens (tertiary/aromatic N) is 3. The van der Waals surface area contributed by atoms with Crippen LogP contribution < -0.4 is 22.1 Å². The number of anilines is 3. The first-order valence-corrected chi connectivity index (χ1v) is 8.43. The van der Waals surface area contributed by atoms with E-state index in [9.17, 15) is 4.79 Å². The van der Waals surface area contributed by atoms with Crippen LogP contribution in [0, 0.1) is 6.92 Å². The third-order valence-electron chi connectivity index (χ3n) is 4.33. The van der Waals surface area contributed by atoms with Gasteiger partial charge in [-0.05, 0) is 31.9 Å². The van der Waals surface area contributed by atoms with E-state index in [4.69, 9.17) is 11.5 Å². The van der Waals surface area contributed by atoms with E-state index >= 15 is 0 Å². The highest BCUT2D eigenvalue weighted by Crippen LogP contribution is 2.24. The van der Waals surface area contributed by atoms with Gasteiger partial charge in [-0.25, -0.2) is 4.98 Å². The van der Waals surface area contributed by atoms with E-state index in [2.05, 4.69) is 25.8 Å². The molecule has 0 bridgehead atoms. The molecule has 25 heavy (non-hydrogen) atoms. The summed E-state index contributed by atoms with van der Waals surface area (Å²) >= 11 is 0. The van der Waals surface area contributed by atoms with Crippen LogP contribution in [0.1, 0.15) is 41.9 Å². The number of aryl methyl sites for hydroxylation is 1. The third-order valence-corrected chi connectivity index (χ3v) is 4.33. The summed E-state index contributed by atoms with van der Waals surface area (Å²) in [6.07, 6.45) is 4.26. The zero-order valence-corrected chi connectivity index (χ0v) is 14.2. The topological polar surface area (TPSA) is 132 Å². The number of rotatable bonds is 5. The molecule has 3 rings (SSSR count). The Morgan fingerprint density at radius 3 is 2.72 bits per heavy atom. The lowest BCUT2D eigenvalue weighted by molar-refractivity contribution is 0.0995. The van der Waals surface area contributed by atoms with E-state index in [1.807, 2.05) is 25.1 Å². The van der Waals surface area contributed by atoms with Crippen molar-refractivity contribution in [3.63, 3.8) is 0 Å². The van der Waals surface area contributed by atoms with Crippen molar-refractivity contribution in [2.24, 2.45) is 11.5 Å². The van der Waals surface area contributed by atoms with E-state index in [-0.39, 0.29) is 17.8 Å². The van der Waals surface area contributed by atoms with Gasteiger partial charge in [0, 0.05) is 23.8 Å². The number of aromatic nitrogens is 3. The van der Waals surface area contributed by atoms with E-state index < -0.39 is 5.91 Å². The molecule has 0 spiro atoms. The van der Waals surface area contributed by atoms with Crippen LogP contribution >= 0.6 is 0 Å². The fourth-order valence-electron chi connectivity index (χ4n) is 3.02. The second kappa shape index (κ2) is 7.43. The van der Waals surface area contributed by atoms with Gasteiger partial charge in [0.2, 0.25) is 0 Å². The Morgan fingerprint density at radius 2 is 2.00 bits per heavy atom. The van der Waals surface area contributed by atoms with Gasteiger partial charge in [-0.15, -0.1) is 10.2 Å². The Labute approximate surface area is 146 Å². The largest absolute Gasteiger partial charge is 0.364 e. The number of carbonyl (C=O) groups excluding carboxylic acids is 1. The van der Waals surface area contributed by atoms with Gasteiger partial charge in [-0.2, -0.15) is 0 Å². The summed E-state index contributed by atoms with van der Waals surface area (Å²) in [6, 6.07) is 7.53. The zero-order valence-electron chi connectivity index (χ0n) is 14.2. The molecule has 1 aliphatic rings. The third kappa shape index (κ3) is 4.21. The van der Waals surface area contributed by atoms with Crippen LogP contribution in [-0.4, -0.2) is 33.2 Å². The fourth-order valence-corrected chi connectivity index (χ4v) is 3.02. The summed E-state index contributed by atoms with van der Waals surface area (Å²) in [5.41, 5.74) is 13.0. The fraction of sp³-hybridized carbons (Fsp3) is 0.412. The van der Waals surface area contributed by atoms with Crippen LogP contribution in [0.25, 0.3) is 0 Å². The molecule has 2 aromatic rings. The number of pyridine rings is 1. The molecule has 0 aliphatic heterocycles. The van der Waals surface area contributed by atoms with Crippen LogP contribution in [0.15, 0.2) is 24.3 Å². The Bertz CT molecular complexity index is 764. The van der Waals surface area contributed by atoms with Gasteiger partial charge in [0.05, 0.1) is 5.69 Å². The molecule has 6 N–H and O–H groups in total. The molecule has 2 unspecified atom stereocenters. The number of hydrogen-bond donors (Lipinski definition) is 4. The smallest absolute Gasteiger partial charge is 0.271 e. The highest BCUT2D eigenvalue weighted by molar-refractivity contribution is 5.97. The van der Waals surface area contributed by atoms with Gasteiger partial charge in [-0.3, -0.25) is 4.79 Å². The summed E-state index contributed by atoms with van der Waals surface area (Å²) in [7, 11) is 0. The lowest BCUT2D eigenvalue weighted by Gasteiger charge is -2.29. The van der Waals surface area contributed by atoms with Gasteiger partial charge in [0.15, 0.2) is 11.5 Å². The molecule has 1 aliphatic carbocycles. The van der Waals surface area contributed by atoms with Crippen molar-refractivity contribution in [2.45, 2.75) is 44.7 Å². The number of nitrogens with one attached hydrogen (secondary N) is 2. The molecule has 8 nitrogen and oxygen atoms in total. The van der Waals surface area contributed by atoms with Crippen LogP contribution in [0.2, 0.25) is 0 Å². The van der Waals surface area contributed by atoms with Crippen LogP contribution in [-0.2, 0) is 0 Å². The van der Waals surface area contributed by atoms with Gasteiger partial charge in [-0.1, -0.05) is 18.9 Å². The Balaban J connectivity index is 1.85. The summed E-state index contributed by atoms with van der Waals surface area (Å²) < 4.78 is 0. The summed E-state index contributed by atoms with van der Waals surface area (Å²) in [5.74, 6) is 0.516.